The molecule has 3 unspecified atom stereocenters. The molecule has 0 fully saturated rings. The largest absolute Gasteiger partial charge is 0.422 e. The minimum Gasteiger partial charge on any atom is -0.422 e. The van der Waals surface area contributed by atoms with Gasteiger partial charge >= 0.3 is 11.9 Å². The molecule has 0 aliphatic carbocycles. The number of ether oxygens (including phenoxy) is 2. The number of esters is 2. The zero-order valence-electron chi connectivity index (χ0n) is 18.4. The van der Waals surface area contributed by atoms with E-state index in [1.807, 2.05) is 34.6 Å². The number of carbonyl (C=O) groups excluding carboxylic acids is 3. The minimum absolute atomic E-state index is 0. The second-order valence-electron chi connectivity index (χ2n) is 8.33. The van der Waals surface area contributed by atoms with Gasteiger partial charge in [-0.2, -0.15) is 0 Å². The van der Waals surface area contributed by atoms with Gasteiger partial charge < -0.3 is 15.2 Å². The molecule has 7 heteroatoms. The highest BCUT2D eigenvalue weighted by molar-refractivity contribution is 6.01. The standard InChI is InChI=1S/C22H33NO5.ClH/c1-8-13(3)20(25)27-16-11-10-15(18(24)19(23)22(5,6)7)12-17(16)28-21(26)14(4)9-2;/h10-14,19H,8-9,23H2,1-7H3;1H. The minimum atomic E-state index is -0.723. The lowest BCUT2D eigenvalue weighted by Crippen LogP contribution is -2.42. The van der Waals surface area contributed by atoms with Crippen LogP contribution in [-0.2, 0) is 9.59 Å². The molecule has 164 valence electrons. The molecular formula is C22H34ClNO5. The van der Waals surface area contributed by atoms with Crippen LogP contribution in [0.2, 0.25) is 0 Å². The molecule has 0 saturated carbocycles. The zero-order chi connectivity index (χ0) is 21.6. The van der Waals surface area contributed by atoms with Gasteiger partial charge in [0.25, 0.3) is 0 Å². The summed E-state index contributed by atoms with van der Waals surface area (Å²) in [6.45, 7) is 12.9. The summed E-state index contributed by atoms with van der Waals surface area (Å²) < 4.78 is 10.9. The quantitative estimate of drug-likeness (QED) is 0.371. The van der Waals surface area contributed by atoms with E-state index < -0.39 is 23.4 Å². The van der Waals surface area contributed by atoms with Gasteiger partial charge in [-0.25, -0.2) is 0 Å². The van der Waals surface area contributed by atoms with Crippen LogP contribution in [0.5, 0.6) is 11.5 Å². The molecule has 29 heavy (non-hydrogen) atoms. The van der Waals surface area contributed by atoms with E-state index in [2.05, 4.69) is 0 Å². The van der Waals surface area contributed by atoms with Crippen LogP contribution in [-0.4, -0.2) is 23.8 Å². The first-order valence-electron chi connectivity index (χ1n) is 9.79. The van der Waals surface area contributed by atoms with Gasteiger partial charge in [-0.05, 0) is 36.5 Å². The molecule has 0 aliphatic heterocycles. The van der Waals surface area contributed by atoms with Crippen LogP contribution >= 0.6 is 12.4 Å². The van der Waals surface area contributed by atoms with Crippen molar-refractivity contribution in [3.05, 3.63) is 23.8 Å². The van der Waals surface area contributed by atoms with Crippen LogP contribution in [0.15, 0.2) is 18.2 Å². The van der Waals surface area contributed by atoms with Crippen molar-refractivity contribution in [1.82, 2.24) is 0 Å². The third kappa shape index (κ3) is 7.44. The summed E-state index contributed by atoms with van der Waals surface area (Å²) >= 11 is 0. The summed E-state index contributed by atoms with van der Waals surface area (Å²) in [6, 6.07) is 3.71. The van der Waals surface area contributed by atoms with Gasteiger partial charge in [0, 0.05) is 5.56 Å². The van der Waals surface area contributed by atoms with Crippen LogP contribution in [0.3, 0.4) is 0 Å². The van der Waals surface area contributed by atoms with E-state index >= 15 is 0 Å². The molecular weight excluding hydrogens is 394 g/mol. The molecule has 1 aromatic carbocycles. The van der Waals surface area contributed by atoms with E-state index in [-0.39, 0.29) is 41.5 Å². The summed E-state index contributed by atoms with van der Waals surface area (Å²) in [5.74, 6) is -1.60. The molecule has 6 nitrogen and oxygen atoms in total. The summed E-state index contributed by atoms with van der Waals surface area (Å²) in [5.41, 5.74) is 5.96. The fraction of sp³-hybridized carbons (Fsp3) is 0.591. The van der Waals surface area contributed by atoms with Crippen molar-refractivity contribution in [2.24, 2.45) is 23.0 Å². The Morgan fingerprint density at radius 1 is 0.931 bits per heavy atom. The molecule has 0 heterocycles. The molecule has 0 amide bonds. The second kappa shape index (κ2) is 11.3. The van der Waals surface area contributed by atoms with Gasteiger partial charge in [0.2, 0.25) is 0 Å². The van der Waals surface area contributed by atoms with Gasteiger partial charge in [0.1, 0.15) is 0 Å². The van der Waals surface area contributed by atoms with Crippen molar-refractivity contribution in [3.8, 4) is 11.5 Å². The van der Waals surface area contributed by atoms with E-state index in [4.69, 9.17) is 15.2 Å². The lowest BCUT2D eigenvalue weighted by molar-refractivity contribution is -0.141. The Kier molecular flexibility index (Phi) is 10.6. The number of benzene rings is 1. The first-order chi connectivity index (χ1) is 12.9. The Morgan fingerprint density at radius 2 is 1.38 bits per heavy atom. The highest BCUT2D eigenvalue weighted by Crippen LogP contribution is 2.32. The third-order valence-corrected chi connectivity index (χ3v) is 4.89. The van der Waals surface area contributed by atoms with Crippen molar-refractivity contribution in [1.29, 1.82) is 0 Å². The normalized spacial score (nSPS) is 14.2. The van der Waals surface area contributed by atoms with Crippen molar-refractivity contribution in [3.63, 3.8) is 0 Å². The van der Waals surface area contributed by atoms with Crippen LogP contribution < -0.4 is 15.2 Å². The SMILES string of the molecule is CCC(C)C(=O)Oc1ccc(C(=O)C(N)C(C)(C)C)cc1OC(=O)C(C)CC.Cl. The molecule has 3 atom stereocenters. The predicted octanol–water partition coefficient (Wildman–Crippen LogP) is 4.57. The Bertz CT molecular complexity index is 726. The molecule has 2 N–H and O–H groups in total. The van der Waals surface area contributed by atoms with Crippen LogP contribution in [0.4, 0.5) is 0 Å². The maximum absolute atomic E-state index is 12.7. The number of Topliss-reactive ketones (excluding diaryl/α,β-unsaturated/α-hetero) is 1. The molecule has 0 spiro atoms. The maximum Gasteiger partial charge on any atom is 0.314 e. The van der Waals surface area contributed by atoms with Gasteiger partial charge in [0.05, 0.1) is 17.9 Å². The Balaban J connectivity index is 0.00000784. The molecule has 1 aromatic rings. The number of carbonyl (C=O) groups is 3. The fourth-order valence-electron chi connectivity index (χ4n) is 2.15. The van der Waals surface area contributed by atoms with E-state index in [0.717, 1.165) is 0 Å². The lowest BCUT2D eigenvalue weighted by Gasteiger charge is -2.26. The first-order valence-corrected chi connectivity index (χ1v) is 9.79. The number of halogens is 1. The molecule has 0 saturated heterocycles. The average molecular weight is 428 g/mol. The maximum atomic E-state index is 12.7. The van der Waals surface area contributed by atoms with Gasteiger partial charge in [-0.15, -0.1) is 12.4 Å². The number of rotatable bonds is 8. The molecule has 0 bridgehead atoms. The molecule has 1 rings (SSSR count). The topological polar surface area (TPSA) is 95.7 Å². The van der Waals surface area contributed by atoms with Crippen molar-refractivity contribution in [2.45, 2.75) is 67.3 Å². The Labute approximate surface area is 179 Å². The predicted molar refractivity (Wildman–Crippen MR) is 116 cm³/mol. The highest BCUT2D eigenvalue weighted by Gasteiger charge is 2.29. The van der Waals surface area contributed by atoms with Crippen LogP contribution in [0, 0.1) is 17.3 Å². The van der Waals surface area contributed by atoms with E-state index in [1.165, 1.54) is 18.2 Å². The number of ketones is 1. The third-order valence-electron chi connectivity index (χ3n) is 4.89. The molecule has 0 radical (unpaired) electrons. The van der Waals surface area contributed by atoms with Crippen molar-refractivity contribution >= 4 is 30.1 Å². The van der Waals surface area contributed by atoms with Crippen LogP contribution in [0.1, 0.15) is 71.7 Å². The molecule has 0 aliphatic rings. The van der Waals surface area contributed by atoms with Gasteiger partial charge in [-0.3, -0.25) is 14.4 Å². The summed E-state index contributed by atoms with van der Waals surface area (Å²) in [6.07, 6.45) is 1.23. The monoisotopic (exact) mass is 427 g/mol. The average Bonchev–Trinajstić information content (AvgIpc) is 2.65. The van der Waals surface area contributed by atoms with Crippen molar-refractivity contribution in [2.75, 3.05) is 0 Å². The summed E-state index contributed by atoms with van der Waals surface area (Å²) in [4.78, 5) is 37.2. The van der Waals surface area contributed by atoms with Crippen molar-refractivity contribution < 1.29 is 23.9 Å². The first kappa shape index (κ1) is 27.1. The highest BCUT2D eigenvalue weighted by atomic mass is 35.5. The van der Waals surface area contributed by atoms with Gasteiger partial charge in [-0.1, -0.05) is 48.5 Å². The Morgan fingerprint density at radius 3 is 1.79 bits per heavy atom. The van der Waals surface area contributed by atoms with E-state index in [0.29, 0.717) is 18.4 Å². The smallest absolute Gasteiger partial charge is 0.314 e. The molecule has 0 aromatic heterocycles. The number of hydrogen-bond donors (Lipinski definition) is 1. The Hall–Kier alpha value is -1.92. The lowest BCUT2D eigenvalue weighted by atomic mass is 9.83. The summed E-state index contributed by atoms with van der Waals surface area (Å²) in [5, 5.41) is 0. The van der Waals surface area contributed by atoms with Gasteiger partial charge in [0.15, 0.2) is 17.3 Å². The van der Waals surface area contributed by atoms with Crippen LogP contribution in [0.25, 0.3) is 0 Å². The second-order valence-corrected chi connectivity index (χ2v) is 8.33. The zero-order valence-corrected chi connectivity index (χ0v) is 19.2. The van der Waals surface area contributed by atoms with E-state index in [9.17, 15) is 14.4 Å². The fourth-order valence-corrected chi connectivity index (χ4v) is 2.15. The van der Waals surface area contributed by atoms with E-state index in [1.54, 1.807) is 13.8 Å². The number of hydrogen-bond acceptors (Lipinski definition) is 6. The number of nitrogens with two attached hydrogens (primary N) is 1. The summed E-state index contributed by atoms with van der Waals surface area (Å²) in [7, 11) is 0.